The lowest BCUT2D eigenvalue weighted by molar-refractivity contribution is -0.118. The predicted octanol–water partition coefficient (Wildman–Crippen LogP) is 5.22. The molecule has 158 valence electrons. The molecule has 0 fully saturated rings. The van der Waals surface area contributed by atoms with Crippen molar-refractivity contribution in [2.75, 3.05) is 5.32 Å². The molecule has 2 atom stereocenters. The molecule has 1 N–H and O–H groups in total. The van der Waals surface area contributed by atoms with Gasteiger partial charge in [-0.15, -0.1) is 10.2 Å². The molecule has 0 spiro atoms. The van der Waals surface area contributed by atoms with Gasteiger partial charge in [0.1, 0.15) is 0 Å². The van der Waals surface area contributed by atoms with Crippen LogP contribution in [0.4, 0.5) is 10.1 Å². The zero-order valence-corrected chi connectivity index (χ0v) is 17.5. The van der Waals surface area contributed by atoms with Gasteiger partial charge in [0.05, 0.1) is 6.04 Å². The summed E-state index contributed by atoms with van der Waals surface area (Å²) in [6.07, 6.45) is 3.33. The van der Waals surface area contributed by atoms with E-state index in [1.165, 1.54) is 0 Å². The van der Waals surface area contributed by atoms with E-state index in [-0.39, 0.29) is 7.47 Å². The van der Waals surface area contributed by atoms with Crippen molar-refractivity contribution in [2.24, 2.45) is 0 Å². The molecule has 0 bridgehead atoms. The number of para-hydroxylation sites is 1. The lowest BCUT2D eigenvalue weighted by Crippen LogP contribution is -2.22. The number of aromatic nitrogens is 4. The lowest BCUT2D eigenvalue weighted by atomic mass is 10.1. The van der Waals surface area contributed by atoms with Crippen molar-refractivity contribution < 1.29 is 10.6 Å². The Labute approximate surface area is 185 Å². The maximum atomic E-state index is 14.9. The van der Waals surface area contributed by atoms with Crippen molar-refractivity contribution in [3.63, 3.8) is 0 Å². The molecule has 2 aromatic heterocycles. The van der Waals surface area contributed by atoms with Crippen LogP contribution in [0.25, 0.3) is 11.4 Å². The first-order valence-corrected chi connectivity index (χ1v) is 10.6. The normalized spacial score (nSPS) is 12.8. The molecule has 2 heterocycles. The highest BCUT2D eigenvalue weighted by molar-refractivity contribution is 8.00. The molecule has 0 saturated heterocycles. The van der Waals surface area contributed by atoms with Crippen molar-refractivity contribution >= 4 is 23.4 Å². The number of hydrogen-bond acceptors (Lipinski definition) is 5. The summed E-state index contributed by atoms with van der Waals surface area (Å²) in [6.45, 7) is 1.99. The SMILES string of the molecule is CC(c1ccccc1)n1c(SC(F)C(=O)Nc2ccccc2)nnc1-c1ccncc1.[HH]. The van der Waals surface area contributed by atoms with E-state index in [1.54, 1.807) is 36.7 Å². The van der Waals surface area contributed by atoms with Crippen LogP contribution in [0.2, 0.25) is 0 Å². The highest BCUT2D eigenvalue weighted by atomic mass is 32.2. The van der Waals surface area contributed by atoms with Gasteiger partial charge >= 0.3 is 0 Å². The zero-order valence-electron chi connectivity index (χ0n) is 16.7. The molecular weight excluding hydrogens is 413 g/mol. The van der Waals surface area contributed by atoms with E-state index >= 15 is 0 Å². The summed E-state index contributed by atoms with van der Waals surface area (Å²) >= 11 is 0.731. The Morgan fingerprint density at radius 3 is 2.32 bits per heavy atom. The van der Waals surface area contributed by atoms with Gasteiger partial charge in [-0.05, 0) is 48.5 Å². The maximum absolute atomic E-state index is 14.9. The van der Waals surface area contributed by atoms with E-state index < -0.39 is 11.4 Å². The number of amides is 1. The summed E-state index contributed by atoms with van der Waals surface area (Å²) in [7, 11) is 0. The molecule has 0 aliphatic rings. The summed E-state index contributed by atoms with van der Waals surface area (Å²) in [6, 6.07) is 22.1. The highest BCUT2D eigenvalue weighted by Crippen LogP contribution is 2.33. The minimum atomic E-state index is -1.85. The maximum Gasteiger partial charge on any atom is 0.269 e. The van der Waals surface area contributed by atoms with Gasteiger partial charge in [-0.25, -0.2) is 4.39 Å². The van der Waals surface area contributed by atoms with Crippen LogP contribution in [0.3, 0.4) is 0 Å². The number of nitrogens with zero attached hydrogens (tertiary/aromatic N) is 4. The number of nitrogens with one attached hydrogen (secondary N) is 1. The second-order valence-electron chi connectivity index (χ2n) is 6.79. The van der Waals surface area contributed by atoms with Crippen molar-refractivity contribution in [1.82, 2.24) is 19.7 Å². The molecule has 0 aliphatic heterocycles. The second kappa shape index (κ2) is 9.53. The van der Waals surface area contributed by atoms with Gasteiger partial charge in [-0.2, -0.15) is 0 Å². The van der Waals surface area contributed by atoms with Crippen molar-refractivity contribution in [1.29, 1.82) is 0 Å². The molecule has 2 aromatic carbocycles. The van der Waals surface area contributed by atoms with Crippen LogP contribution in [0.15, 0.2) is 90.3 Å². The Kier molecular flexibility index (Phi) is 6.37. The van der Waals surface area contributed by atoms with E-state index in [0.29, 0.717) is 16.7 Å². The number of pyridine rings is 1. The average molecular weight is 436 g/mol. The number of carbonyl (C=O) groups excluding carboxylic acids is 1. The monoisotopic (exact) mass is 435 g/mol. The van der Waals surface area contributed by atoms with Crippen LogP contribution in [0.5, 0.6) is 0 Å². The number of hydrogen-bond donors (Lipinski definition) is 1. The third-order valence-corrected chi connectivity index (χ3v) is 5.64. The van der Waals surface area contributed by atoms with Gasteiger partial charge in [0.2, 0.25) is 5.50 Å². The molecule has 4 rings (SSSR count). The summed E-state index contributed by atoms with van der Waals surface area (Å²) in [5.41, 5.74) is 0.508. The lowest BCUT2D eigenvalue weighted by Gasteiger charge is -2.19. The fourth-order valence-corrected chi connectivity index (χ4v) is 3.95. The Hall–Kier alpha value is -3.52. The first-order chi connectivity index (χ1) is 15.1. The Balaban J connectivity index is 0.00000289. The van der Waals surface area contributed by atoms with Crippen molar-refractivity contribution in [3.8, 4) is 11.4 Å². The quantitative estimate of drug-likeness (QED) is 0.403. The van der Waals surface area contributed by atoms with Crippen LogP contribution in [0, 0.1) is 0 Å². The number of halogens is 1. The number of anilines is 1. The van der Waals surface area contributed by atoms with E-state index in [9.17, 15) is 9.18 Å². The largest absolute Gasteiger partial charge is 0.323 e. The summed E-state index contributed by atoms with van der Waals surface area (Å²) < 4.78 is 16.7. The Bertz CT molecular complexity index is 1150. The fraction of sp³-hybridized carbons (Fsp3) is 0.130. The molecule has 2 unspecified atom stereocenters. The van der Waals surface area contributed by atoms with Crippen LogP contribution in [-0.2, 0) is 4.79 Å². The van der Waals surface area contributed by atoms with Crippen molar-refractivity contribution in [2.45, 2.75) is 23.6 Å². The third kappa shape index (κ3) is 4.80. The predicted molar refractivity (Wildman–Crippen MR) is 121 cm³/mol. The number of benzene rings is 2. The number of carbonyl (C=O) groups is 1. The first-order valence-electron chi connectivity index (χ1n) is 9.70. The molecule has 0 aliphatic carbocycles. The summed E-state index contributed by atoms with van der Waals surface area (Å²) in [5.74, 6) is -0.166. The topological polar surface area (TPSA) is 72.7 Å². The van der Waals surface area contributed by atoms with Gasteiger partial charge in [-0.1, -0.05) is 48.5 Å². The van der Waals surface area contributed by atoms with Crippen LogP contribution < -0.4 is 5.32 Å². The van der Waals surface area contributed by atoms with Gasteiger partial charge in [0.25, 0.3) is 5.91 Å². The third-order valence-electron chi connectivity index (χ3n) is 4.73. The fourth-order valence-electron chi connectivity index (χ4n) is 3.15. The highest BCUT2D eigenvalue weighted by Gasteiger charge is 2.26. The van der Waals surface area contributed by atoms with Crippen molar-refractivity contribution in [3.05, 3.63) is 90.8 Å². The van der Waals surface area contributed by atoms with Crippen LogP contribution in [-0.4, -0.2) is 31.2 Å². The number of thioether (sulfide) groups is 1. The molecule has 31 heavy (non-hydrogen) atoms. The molecule has 4 aromatic rings. The summed E-state index contributed by atoms with van der Waals surface area (Å²) in [4.78, 5) is 16.4. The van der Waals surface area contributed by atoms with E-state index in [4.69, 9.17) is 0 Å². The average Bonchev–Trinajstić information content (AvgIpc) is 3.23. The molecule has 0 radical (unpaired) electrons. The molecule has 0 saturated carbocycles. The van der Waals surface area contributed by atoms with Gasteiger partial charge in [0.15, 0.2) is 11.0 Å². The molecular formula is C23H22FN5OS. The van der Waals surface area contributed by atoms with Crippen LogP contribution >= 0.6 is 11.8 Å². The minimum Gasteiger partial charge on any atom is -0.323 e. The van der Waals surface area contributed by atoms with Gasteiger partial charge in [0, 0.05) is 25.1 Å². The standard InChI is InChI=1S/C23H20FN5OS.H2/c1-16(17-8-4-2-5-9-17)29-21(18-12-14-25-15-13-18)27-28-23(29)31-20(24)22(30)26-19-10-6-3-7-11-19;/h2-16,20H,1H3,(H,26,30);1H. The smallest absolute Gasteiger partial charge is 0.269 e. The summed E-state index contributed by atoms with van der Waals surface area (Å²) in [5, 5.41) is 11.4. The molecule has 8 heteroatoms. The molecule has 6 nitrogen and oxygen atoms in total. The second-order valence-corrected chi connectivity index (χ2v) is 7.80. The van der Waals surface area contributed by atoms with Gasteiger partial charge in [-0.3, -0.25) is 14.3 Å². The van der Waals surface area contributed by atoms with E-state index in [2.05, 4.69) is 20.5 Å². The minimum absolute atomic E-state index is 0. The number of alkyl halides is 1. The van der Waals surface area contributed by atoms with E-state index in [1.807, 2.05) is 60.0 Å². The number of rotatable bonds is 7. The first kappa shape index (κ1) is 20.7. The zero-order chi connectivity index (χ0) is 21.6. The van der Waals surface area contributed by atoms with Crippen LogP contribution in [0.1, 0.15) is 20.0 Å². The van der Waals surface area contributed by atoms with E-state index in [0.717, 1.165) is 22.9 Å². The Morgan fingerprint density at radius 2 is 1.65 bits per heavy atom. The molecule has 1 amide bonds. The van der Waals surface area contributed by atoms with Gasteiger partial charge < -0.3 is 5.32 Å². The Morgan fingerprint density at radius 1 is 1.00 bits per heavy atom.